The van der Waals surface area contributed by atoms with Crippen LogP contribution in [-0.4, -0.2) is 68.8 Å². The molecule has 5 N–H and O–H groups in total. The van der Waals surface area contributed by atoms with Crippen molar-refractivity contribution in [1.82, 2.24) is 9.55 Å². The van der Waals surface area contributed by atoms with Crippen LogP contribution in [0.2, 0.25) is 0 Å². The number of aromatic carboxylic acids is 1. The van der Waals surface area contributed by atoms with Crippen molar-refractivity contribution in [1.29, 1.82) is 0 Å². The van der Waals surface area contributed by atoms with E-state index in [4.69, 9.17) is 23.7 Å². The van der Waals surface area contributed by atoms with Crippen LogP contribution in [-0.2, 0) is 33.8 Å². The van der Waals surface area contributed by atoms with E-state index in [0.717, 1.165) is 22.9 Å². The maximum atomic E-state index is 13.5. The Balaban J connectivity index is 1.13. The Hall–Kier alpha value is -6.98. The normalized spacial score (nSPS) is 11.5. The molecule has 0 unspecified atom stereocenters. The summed E-state index contributed by atoms with van der Waals surface area (Å²) in [6, 6.07) is 25.9. The zero-order valence-electron chi connectivity index (χ0n) is 34.8. The maximum absolute atomic E-state index is 13.5. The van der Waals surface area contributed by atoms with E-state index in [9.17, 15) is 23.1 Å². The highest BCUT2D eigenvalue weighted by molar-refractivity contribution is 7.92. The van der Waals surface area contributed by atoms with Gasteiger partial charge in [-0.15, -0.1) is 0 Å². The van der Waals surface area contributed by atoms with E-state index in [1.807, 2.05) is 45.0 Å². The minimum Gasteiger partial charge on any atom is -0.497 e. The second kappa shape index (κ2) is 18.5. The van der Waals surface area contributed by atoms with E-state index in [2.05, 4.69) is 25.7 Å². The molecule has 0 aliphatic heterocycles. The molecule has 0 saturated heterocycles. The van der Waals surface area contributed by atoms with Crippen molar-refractivity contribution in [2.24, 2.45) is 7.05 Å². The average Bonchev–Trinajstić information content (AvgIpc) is 3.57. The number of ether oxygens (including phenoxy) is 5. The van der Waals surface area contributed by atoms with Gasteiger partial charge in [-0.2, -0.15) is 0 Å². The molecule has 0 spiro atoms. The van der Waals surface area contributed by atoms with E-state index >= 15 is 0 Å². The molecule has 0 aliphatic carbocycles. The lowest BCUT2D eigenvalue weighted by atomic mass is 9.86. The molecule has 2 heterocycles. The molecule has 0 bridgehead atoms. The number of rotatable bonds is 17. The van der Waals surface area contributed by atoms with Crippen LogP contribution in [0.25, 0.3) is 10.8 Å². The quantitative estimate of drug-likeness (QED) is 0.0548. The molecule has 2 amide bonds. The molecule has 0 aliphatic rings. The molecule has 2 aromatic heterocycles. The van der Waals surface area contributed by atoms with Crippen molar-refractivity contribution in [2.45, 2.75) is 32.8 Å². The van der Waals surface area contributed by atoms with Crippen LogP contribution in [0.1, 0.15) is 42.5 Å². The van der Waals surface area contributed by atoms with Gasteiger partial charge in [0.15, 0.2) is 5.75 Å². The number of fused-ring (bicyclic) bond motifs is 1. The monoisotopic (exact) mass is 852 g/mol. The highest BCUT2D eigenvalue weighted by atomic mass is 32.2. The zero-order valence-corrected chi connectivity index (χ0v) is 35.6. The van der Waals surface area contributed by atoms with E-state index < -0.39 is 22.0 Å². The van der Waals surface area contributed by atoms with Crippen LogP contribution in [0.4, 0.5) is 33.4 Å². The Kier molecular flexibility index (Phi) is 13.2. The van der Waals surface area contributed by atoms with E-state index in [0.29, 0.717) is 45.6 Å². The van der Waals surface area contributed by atoms with Crippen LogP contribution in [0, 0.1) is 0 Å². The summed E-state index contributed by atoms with van der Waals surface area (Å²) in [5, 5.41) is 19.7. The minimum absolute atomic E-state index is 0.162. The van der Waals surface area contributed by atoms with Gasteiger partial charge in [-0.05, 0) is 53.4 Å². The molecule has 61 heavy (non-hydrogen) atoms. The number of methoxy groups -OCH3 is 2. The van der Waals surface area contributed by atoms with Crippen LogP contribution in [0.5, 0.6) is 28.7 Å². The molecular formula is C44H48N6O10S. The Morgan fingerprint density at radius 3 is 2.21 bits per heavy atom. The Morgan fingerprint density at radius 2 is 1.52 bits per heavy atom. The number of carboxylic acid groups (broad SMARTS) is 1. The smallest absolute Gasteiger partial charge is 0.352 e. The third kappa shape index (κ3) is 11.2. The average molecular weight is 853 g/mol. The van der Waals surface area contributed by atoms with E-state index in [1.54, 1.807) is 85.6 Å². The first-order valence-electron chi connectivity index (χ1n) is 19.0. The second-order valence-corrected chi connectivity index (χ2v) is 16.7. The minimum atomic E-state index is -3.65. The molecular weight excluding hydrogens is 805 g/mol. The first kappa shape index (κ1) is 43.6. The summed E-state index contributed by atoms with van der Waals surface area (Å²) in [7, 11) is 0.983. The largest absolute Gasteiger partial charge is 0.497 e. The van der Waals surface area contributed by atoms with Crippen molar-refractivity contribution < 1.29 is 46.8 Å². The fourth-order valence-corrected chi connectivity index (χ4v) is 6.92. The number of carboxylic acids is 1. The molecule has 0 atom stereocenters. The summed E-state index contributed by atoms with van der Waals surface area (Å²) in [5.74, 6) is 1.76. The highest BCUT2D eigenvalue weighted by Gasteiger charge is 2.23. The second-order valence-electron chi connectivity index (χ2n) is 14.9. The topological polar surface area (TPSA) is 201 Å². The van der Waals surface area contributed by atoms with Gasteiger partial charge in [-0.3, -0.25) is 4.72 Å². The molecule has 6 aromatic rings. The van der Waals surface area contributed by atoms with Gasteiger partial charge in [0.2, 0.25) is 10.0 Å². The first-order valence-corrected chi connectivity index (χ1v) is 20.9. The fourth-order valence-electron chi connectivity index (χ4n) is 6.37. The van der Waals surface area contributed by atoms with Crippen LogP contribution in [0.3, 0.4) is 0 Å². The summed E-state index contributed by atoms with van der Waals surface area (Å²) in [4.78, 5) is 29.3. The Bertz CT molecular complexity index is 2680. The summed E-state index contributed by atoms with van der Waals surface area (Å²) >= 11 is 0. The van der Waals surface area contributed by atoms with Crippen LogP contribution >= 0.6 is 0 Å². The zero-order chi connectivity index (χ0) is 43.9. The number of nitrogens with zero attached hydrogens (tertiary/aromatic N) is 2. The third-order valence-corrected chi connectivity index (χ3v) is 9.96. The Labute approximate surface area is 353 Å². The van der Waals surface area contributed by atoms with Crippen molar-refractivity contribution in [3.63, 3.8) is 0 Å². The van der Waals surface area contributed by atoms with Crippen LogP contribution < -0.4 is 39.6 Å². The lowest BCUT2D eigenvalue weighted by Gasteiger charge is -2.24. The van der Waals surface area contributed by atoms with Gasteiger partial charge in [0.1, 0.15) is 41.1 Å². The van der Waals surface area contributed by atoms with Crippen molar-refractivity contribution in [3.8, 4) is 28.7 Å². The number of urea groups is 1. The molecule has 0 fully saturated rings. The predicted molar refractivity (Wildman–Crippen MR) is 235 cm³/mol. The number of sulfonamides is 1. The molecule has 17 heteroatoms. The molecule has 6 rings (SSSR count). The van der Waals surface area contributed by atoms with Gasteiger partial charge in [-0.1, -0.05) is 45.0 Å². The van der Waals surface area contributed by atoms with Gasteiger partial charge in [0, 0.05) is 59.7 Å². The number of aromatic nitrogens is 2. The number of hydrogen-bond donors (Lipinski definition) is 5. The number of carbonyl (C=O) groups is 2. The highest BCUT2D eigenvalue weighted by Crippen LogP contribution is 2.40. The fraction of sp³-hybridized carbons (Fsp3) is 0.250. The van der Waals surface area contributed by atoms with Crippen molar-refractivity contribution >= 4 is 61.4 Å². The van der Waals surface area contributed by atoms with Crippen LogP contribution in [0.15, 0.2) is 97.2 Å². The predicted octanol–water partition coefficient (Wildman–Crippen LogP) is 8.73. The lowest BCUT2D eigenvalue weighted by Crippen LogP contribution is -2.22. The van der Waals surface area contributed by atoms with Gasteiger partial charge < -0.3 is 49.3 Å². The molecule has 16 nitrogen and oxygen atoms in total. The Morgan fingerprint density at radius 1 is 0.803 bits per heavy atom. The first-order chi connectivity index (χ1) is 29.0. The maximum Gasteiger partial charge on any atom is 0.352 e. The summed E-state index contributed by atoms with van der Waals surface area (Å²) < 4.78 is 57.5. The van der Waals surface area contributed by atoms with Gasteiger partial charge in [0.05, 0.1) is 50.8 Å². The molecule has 4 aromatic carbocycles. The number of pyridine rings is 1. The van der Waals surface area contributed by atoms with E-state index in [-0.39, 0.29) is 48.1 Å². The summed E-state index contributed by atoms with van der Waals surface area (Å²) in [5.41, 5.74) is 2.95. The lowest BCUT2D eigenvalue weighted by molar-refractivity contribution is 0.0681. The molecule has 0 saturated carbocycles. The number of benzene rings is 4. The number of hydrogen-bond acceptors (Lipinski definition) is 11. The van der Waals surface area contributed by atoms with E-state index in [1.165, 1.54) is 13.2 Å². The number of anilines is 5. The summed E-state index contributed by atoms with van der Waals surface area (Å²) in [6.45, 7) is 6.67. The van der Waals surface area contributed by atoms with Crippen molar-refractivity contribution in [3.05, 3.63) is 114 Å². The number of nitrogens with one attached hydrogen (secondary N) is 4. The SMILES string of the molecule is COc1cc(Nc2cc(Oc3ccc(NC(=O)Nc4cc(C(C)(C)C)cc(NS(C)(=O)=O)c4OC)c4ccccc34)ccn2)cc(OCCOCc2ccc(C(=O)O)n2C)c1. The van der Waals surface area contributed by atoms with Crippen molar-refractivity contribution in [2.75, 3.05) is 54.4 Å². The van der Waals surface area contributed by atoms with Gasteiger partial charge >= 0.3 is 12.0 Å². The number of carbonyl (C=O) groups excluding carboxylic acids is 1. The van der Waals surface area contributed by atoms with Gasteiger partial charge in [0.25, 0.3) is 0 Å². The third-order valence-electron chi connectivity index (χ3n) is 9.37. The number of amides is 2. The molecule has 320 valence electrons. The molecule has 0 radical (unpaired) electrons. The summed E-state index contributed by atoms with van der Waals surface area (Å²) in [6.07, 6.45) is 2.66. The standard InChI is InChI=1S/C44H48N6O10S/c1-44(2,3)27-20-36(41(57-6)37(21-27)49-61(7,54)55)48-43(53)47-35-13-15-39(34-11-9-8-10-33(34)35)60-30-16-17-45-40(25-30)46-28-22-31(56-5)24-32(23-28)59-19-18-58-26-29-12-14-38(42(51)52)50(29)4/h8-17,20-25,49H,18-19,26H2,1-7H3,(H,45,46)(H,51,52)(H2,47,48,53). The van der Waals surface area contributed by atoms with Gasteiger partial charge in [-0.25, -0.2) is 23.0 Å².